The van der Waals surface area contributed by atoms with E-state index in [2.05, 4.69) is 19.9 Å². The minimum absolute atomic E-state index is 0. The van der Waals surface area contributed by atoms with Crippen molar-refractivity contribution in [1.29, 1.82) is 0 Å². The second-order valence-corrected chi connectivity index (χ2v) is 8.37. The third kappa shape index (κ3) is 5.77. The topological polar surface area (TPSA) is 74.6 Å². The van der Waals surface area contributed by atoms with Crippen LogP contribution in [-0.4, -0.2) is 22.2 Å². The van der Waals surface area contributed by atoms with Gasteiger partial charge in [0.05, 0.1) is 11.5 Å². The summed E-state index contributed by atoms with van der Waals surface area (Å²) in [5, 5.41) is 19.6. The van der Waals surface area contributed by atoms with Gasteiger partial charge in [-0.2, -0.15) is 0 Å². The van der Waals surface area contributed by atoms with Crippen molar-refractivity contribution in [2.45, 2.75) is 59.3 Å². The highest BCUT2D eigenvalue weighted by atomic mass is 35.5. The maximum absolute atomic E-state index is 11.6. The van der Waals surface area contributed by atoms with Crippen LogP contribution in [0.3, 0.4) is 0 Å². The van der Waals surface area contributed by atoms with Crippen LogP contribution in [0, 0.1) is 19.8 Å². The highest BCUT2D eigenvalue weighted by molar-refractivity contribution is 6.31. The second kappa shape index (κ2) is 10.8. The normalized spacial score (nSPS) is 13.8. The molecule has 0 bridgehead atoms. The highest BCUT2D eigenvalue weighted by Crippen LogP contribution is 2.42. The summed E-state index contributed by atoms with van der Waals surface area (Å²) in [5.41, 5.74) is 4.98. The molecular weight excluding hydrogens is 423 g/mol. The molecule has 3 atom stereocenters. The number of benzene rings is 2. The van der Waals surface area contributed by atoms with Gasteiger partial charge in [-0.05, 0) is 78.6 Å². The standard InChI is InChI=1S/C24H29ClO4.ClH/c1-6-14(3)19-9-13(2)10-21(25)22(19)20(11-16(5)23(26)27)18-12-17(24(28)29)8-7-15(18)4;/h7-10,12,14,16,20H,6,11H2,1-5H3,(H,26,27)(H,28,29);1H. The Labute approximate surface area is 189 Å². The van der Waals surface area contributed by atoms with E-state index < -0.39 is 17.9 Å². The van der Waals surface area contributed by atoms with Gasteiger partial charge in [0.2, 0.25) is 0 Å². The lowest BCUT2D eigenvalue weighted by Crippen LogP contribution is -2.18. The molecule has 0 amide bonds. The Hall–Kier alpha value is -2.04. The fraction of sp³-hybridized carbons (Fsp3) is 0.417. The minimum atomic E-state index is -1.01. The average Bonchev–Trinajstić information content (AvgIpc) is 2.65. The lowest BCUT2D eigenvalue weighted by atomic mass is 9.77. The molecular formula is C24H30Cl2O4. The van der Waals surface area contributed by atoms with Crippen molar-refractivity contribution in [2.24, 2.45) is 5.92 Å². The van der Waals surface area contributed by atoms with Crippen molar-refractivity contribution < 1.29 is 19.8 Å². The Morgan fingerprint density at radius 2 is 1.67 bits per heavy atom. The Bertz CT molecular complexity index is 924. The molecule has 3 unspecified atom stereocenters. The number of carboxylic acid groups (broad SMARTS) is 2. The van der Waals surface area contributed by atoms with Crippen LogP contribution in [0.4, 0.5) is 0 Å². The molecule has 30 heavy (non-hydrogen) atoms. The molecule has 6 heteroatoms. The summed E-state index contributed by atoms with van der Waals surface area (Å²) in [6.45, 7) is 9.83. The molecule has 0 heterocycles. The summed E-state index contributed by atoms with van der Waals surface area (Å²) >= 11 is 6.73. The zero-order chi connectivity index (χ0) is 21.9. The van der Waals surface area contributed by atoms with Crippen molar-refractivity contribution in [2.75, 3.05) is 0 Å². The zero-order valence-corrected chi connectivity index (χ0v) is 19.6. The molecule has 0 saturated carbocycles. The van der Waals surface area contributed by atoms with Crippen LogP contribution < -0.4 is 0 Å². The van der Waals surface area contributed by atoms with Crippen molar-refractivity contribution in [3.63, 3.8) is 0 Å². The van der Waals surface area contributed by atoms with E-state index in [1.54, 1.807) is 25.1 Å². The summed E-state index contributed by atoms with van der Waals surface area (Å²) in [4.78, 5) is 23.2. The summed E-state index contributed by atoms with van der Waals surface area (Å²) in [6, 6.07) is 9.03. The first kappa shape index (κ1) is 26.0. The van der Waals surface area contributed by atoms with Crippen LogP contribution in [0.15, 0.2) is 30.3 Å². The van der Waals surface area contributed by atoms with Crippen LogP contribution in [-0.2, 0) is 4.79 Å². The maximum atomic E-state index is 11.6. The maximum Gasteiger partial charge on any atom is 0.335 e. The molecule has 2 rings (SSSR count). The number of halogens is 2. The predicted octanol–water partition coefficient (Wildman–Crippen LogP) is 6.83. The van der Waals surface area contributed by atoms with Crippen LogP contribution in [0.25, 0.3) is 0 Å². The average molecular weight is 453 g/mol. The number of carbonyl (C=O) groups is 2. The Kier molecular flexibility index (Phi) is 9.38. The van der Waals surface area contributed by atoms with Crippen LogP contribution in [0.1, 0.15) is 83.6 Å². The summed E-state index contributed by atoms with van der Waals surface area (Å²) in [5.74, 6) is -2.55. The minimum Gasteiger partial charge on any atom is -0.481 e. The number of hydrogen-bond donors (Lipinski definition) is 2. The van der Waals surface area contributed by atoms with E-state index >= 15 is 0 Å². The molecule has 4 nitrogen and oxygen atoms in total. The zero-order valence-electron chi connectivity index (χ0n) is 18.0. The number of rotatable bonds is 8. The lowest BCUT2D eigenvalue weighted by Gasteiger charge is -2.28. The molecule has 0 fully saturated rings. The third-order valence-corrected chi connectivity index (χ3v) is 6.02. The van der Waals surface area contributed by atoms with E-state index in [9.17, 15) is 19.8 Å². The Balaban J connectivity index is 0.00000450. The molecule has 0 radical (unpaired) electrons. The van der Waals surface area contributed by atoms with Gasteiger partial charge >= 0.3 is 11.9 Å². The van der Waals surface area contributed by atoms with Crippen molar-refractivity contribution in [3.05, 3.63) is 68.7 Å². The molecule has 0 aliphatic carbocycles. The molecule has 164 valence electrons. The smallest absolute Gasteiger partial charge is 0.335 e. The highest BCUT2D eigenvalue weighted by Gasteiger charge is 2.28. The molecule has 2 N–H and O–H groups in total. The van der Waals surface area contributed by atoms with Crippen molar-refractivity contribution >= 4 is 35.9 Å². The summed E-state index contributed by atoms with van der Waals surface area (Å²) < 4.78 is 0. The predicted molar refractivity (Wildman–Crippen MR) is 124 cm³/mol. The third-order valence-electron chi connectivity index (χ3n) is 5.71. The van der Waals surface area contributed by atoms with E-state index in [-0.39, 0.29) is 29.8 Å². The molecule has 2 aromatic rings. The second-order valence-electron chi connectivity index (χ2n) is 7.96. The van der Waals surface area contributed by atoms with Gasteiger partial charge in [-0.15, -0.1) is 12.4 Å². The SMILES string of the molecule is CCC(C)c1cc(C)cc(Cl)c1C(CC(C)C(=O)O)c1cc(C(=O)O)ccc1C.Cl. The lowest BCUT2D eigenvalue weighted by molar-refractivity contribution is -0.141. The number of aryl methyl sites for hydroxylation is 2. The fourth-order valence-electron chi connectivity index (χ4n) is 3.78. The van der Waals surface area contributed by atoms with E-state index in [0.717, 1.165) is 34.2 Å². The molecule has 0 aliphatic rings. The summed E-state index contributed by atoms with van der Waals surface area (Å²) in [7, 11) is 0. The number of carboxylic acids is 2. The molecule has 0 aliphatic heterocycles. The van der Waals surface area contributed by atoms with Crippen molar-refractivity contribution in [3.8, 4) is 0 Å². The molecule has 2 aromatic carbocycles. The number of aromatic carboxylic acids is 1. The van der Waals surface area contributed by atoms with E-state index in [0.29, 0.717) is 11.4 Å². The van der Waals surface area contributed by atoms with Gasteiger partial charge in [-0.1, -0.05) is 44.5 Å². The van der Waals surface area contributed by atoms with Gasteiger partial charge in [0, 0.05) is 10.9 Å². The van der Waals surface area contributed by atoms with Gasteiger partial charge in [-0.3, -0.25) is 4.79 Å². The van der Waals surface area contributed by atoms with E-state index in [1.807, 2.05) is 19.9 Å². The number of aliphatic carboxylic acids is 1. The molecule has 0 saturated heterocycles. The Morgan fingerprint density at radius 1 is 1.03 bits per heavy atom. The summed E-state index contributed by atoms with van der Waals surface area (Å²) in [6.07, 6.45) is 1.26. The quantitative estimate of drug-likeness (QED) is 0.459. The Morgan fingerprint density at radius 3 is 2.20 bits per heavy atom. The van der Waals surface area contributed by atoms with Gasteiger partial charge in [-0.25, -0.2) is 4.79 Å². The molecule has 0 aromatic heterocycles. The van der Waals surface area contributed by atoms with E-state index in [4.69, 9.17) is 11.6 Å². The first-order valence-electron chi connectivity index (χ1n) is 9.93. The van der Waals surface area contributed by atoms with Crippen LogP contribution in [0.5, 0.6) is 0 Å². The van der Waals surface area contributed by atoms with Crippen LogP contribution in [0.2, 0.25) is 5.02 Å². The van der Waals surface area contributed by atoms with Crippen molar-refractivity contribution in [1.82, 2.24) is 0 Å². The first-order chi connectivity index (χ1) is 13.6. The largest absolute Gasteiger partial charge is 0.481 e. The fourth-order valence-corrected chi connectivity index (χ4v) is 4.19. The van der Waals surface area contributed by atoms with Gasteiger partial charge < -0.3 is 10.2 Å². The van der Waals surface area contributed by atoms with Crippen LogP contribution >= 0.6 is 24.0 Å². The van der Waals surface area contributed by atoms with Gasteiger partial charge in [0.25, 0.3) is 0 Å². The van der Waals surface area contributed by atoms with Gasteiger partial charge in [0.15, 0.2) is 0 Å². The van der Waals surface area contributed by atoms with Gasteiger partial charge in [0.1, 0.15) is 0 Å². The monoisotopic (exact) mass is 452 g/mol. The number of hydrogen-bond acceptors (Lipinski definition) is 2. The molecule has 0 spiro atoms. The first-order valence-corrected chi connectivity index (χ1v) is 10.3. The van der Waals surface area contributed by atoms with E-state index in [1.165, 1.54) is 0 Å².